The Labute approximate surface area is 165 Å². The fraction of sp³-hybridized carbons (Fsp3) is 0.143. The molecule has 3 aromatic heterocycles. The van der Waals surface area contributed by atoms with Gasteiger partial charge in [-0.05, 0) is 18.1 Å². The number of aromatic nitrogens is 6. The lowest BCUT2D eigenvalue weighted by Gasteiger charge is -2.11. The Hall–Kier alpha value is -3.32. The minimum Gasteiger partial charge on any atom is -0.274 e. The number of nitrogens with zero attached hydrogens (tertiary/aromatic N) is 5. The maximum atomic E-state index is 4.84. The molecule has 1 N–H and O–H groups in total. The predicted molar refractivity (Wildman–Crippen MR) is 110 cm³/mol. The highest BCUT2D eigenvalue weighted by Crippen LogP contribution is 2.32. The van der Waals surface area contributed by atoms with Crippen LogP contribution in [0.5, 0.6) is 0 Å². The number of fused-ring (bicyclic) bond motifs is 1. The van der Waals surface area contributed by atoms with Crippen LogP contribution in [0, 0.1) is 0 Å². The first kappa shape index (κ1) is 16.8. The first-order chi connectivity index (χ1) is 13.8. The van der Waals surface area contributed by atoms with Gasteiger partial charge in [-0.15, -0.1) is 10.2 Å². The lowest BCUT2D eigenvalue weighted by Crippen LogP contribution is -2.01. The van der Waals surface area contributed by atoms with Crippen LogP contribution in [0.4, 0.5) is 0 Å². The maximum absolute atomic E-state index is 4.84. The Kier molecular flexibility index (Phi) is 4.21. The molecule has 5 rings (SSSR count). The van der Waals surface area contributed by atoms with Crippen LogP contribution in [0.15, 0.2) is 66.7 Å². The van der Waals surface area contributed by atoms with E-state index >= 15 is 0 Å². The summed E-state index contributed by atoms with van der Waals surface area (Å²) in [5.74, 6) is 0.928. The molecule has 6 nitrogen and oxygen atoms in total. The predicted octanol–water partition coefficient (Wildman–Crippen LogP) is 4.78. The Bertz CT molecular complexity index is 1210. The summed E-state index contributed by atoms with van der Waals surface area (Å²) < 4.78 is 1.81. The Morgan fingerprint density at radius 1 is 1.00 bits per heavy atom. The van der Waals surface area contributed by atoms with E-state index in [0.29, 0.717) is 5.82 Å². The average Bonchev–Trinajstić information content (AvgIpc) is 3.46. The van der Waals surface area contributed by atoms with E-state index in [1.165, 1.54) is 5.56 Å². The molecular formula is C21H18N6S. The lowest BCUT2D eigenvalue weighted by atomic mass is 9.97. The van der Waals surface area contributed by atoms with Crippen molar-refractivity contribution in [3.05, 3.63) is 77.3 Å². The van der Waals surface area contributed by atoms with Crippen molar-refractivity contribution in [2.45, 2.75) is 19.3 Å². The summed E-state index contributed by atoms with van der Waals surface area (Å²) in [4.78, 5) is 0.787. The number of benzene rings is 2. The molecule has 0 fully saturated rings. The molecule has 0 saturated carbocycles. The summed E-state index contributed by atoms with van der Waals surface area (Å²) in [5, 5.41) is 22.0. The third kappa shape index (κ3) is 2.90. The molecule has 2 aromatic carbocycles. The van der Waals surface area contributed by atoms with E-state index in [1.54, 1.807) is 11.3 Å². The summed E-state index contributed by atoms with van der Waals surface area (Å²) in [6.07, 6.45) is 0.978. The van der Waals surface area contributed by atoms with E-state index in [2.05, 4.69) is 51.6 Å². The van der Waals surface area contributed by atoms with Crippen LogP contribution in [0.25, 0.3) is 27.7 Å². The quantitative estimate of drug-likeness (QED) is 0.472. The van der Waals surface area contributed by atoms with Crippen molar-refractivity contribution in [1.82, 2.24) is 30.0 Å². The second kappa shape index (κ2) is 7.01. The van der Waals surface area contributed by atoms with Crippen molar-refractivity contribution in [2.75, 3.05) is 0 Å². The normalized spacial score (nSPS) is 12.5. The van der Waals surface area contributed by atoms with Crippen molar-refractivity contribution in [3.63, 3.8) is 0 Å². The largest absolute Gasteiger partial charge is 0.274 e. The number of aromatic amines is 1. The van der Waals surface area contributed by atoms with Gasteiger partial charge in [-0.2, -0.15) is 14.7 Å². The van der Waals surface area contributed by atoms with E-state index in [1.807, 2.05) is 47.0 Å². The fourth-order valence-corrected chi connectivity index (χ4v) is 4.42. The summed E-state index contributed by atoms with van der Waals surface area (Å²) in [7, 11) is 0. The summed E-state index contributed by atoms with van der Waals surface area (Å²) in [5.41, 5.74) is 4.00. The molecule has 138 valence electrons. The zero-order valence-electron chi connectivity index (χ0n) is 15.3. The van der Waals surface area contributed by atoms with Gasteiger partial charge in [0.25, 0.3) is 0 Å². The molecule has 1 atom stereocenters. The van der Waals surface area contributed by atoms with E-state index in [4.69, 9.17) is 5.10 Å². The molecule has 0 saturated heterocycles. The number of hydrogen-bond acceptors (Lipinski definition) is 5. The minimum atomic E-state index is 0.252. The molecular weight excluding hydrogens is 368 g/mol. The van der Waals surface area contributed by atoms with Gasteiger partial charge in [-0.25, -0.2) is 0 Å². The molecule has 0 spiro atoms. The number of hydrogen-bond donors (Lipinski definition) is 1. The van der Waals surface area contributed by atoms with Crippen molar-refractivity contribution >= 4 is 16.3 Å². The lowest BCUT2D eigenvalue weighted by molar-refractivity contribution is 0.743. The van der Waals surface area contributed by atoms with Crippen LogP contribution in [-0.2, 0) is 0 Å². The van der Waals surface area contributed by atoms with Crippen molar-refractivity contribution in [1.29, 1.82) is 0 Å². The highest BCUT2D eigenvalue weighted by Gasteiger charge is 2.21. The average molecular weight is 386 g/mol. The van der Waals surface area contributed by atoms with Gasteiger partial charge >= 0.3 is 0 Å². The summed E-state index contributed by atoms with van der Waals surface area (Å²) in [6.45, 7) is 2.18. The topological polar surface area (TPSA) is 71.8 Å². The first-order valence-electron chi connectivity index (χ1n) is 9.21. The molecule has 0 aliphatic carbocycles. The first-order valence-corrected chi connectivity index (χ1v) is 10.0. The van der Waals surface area contributed by atoms with Gasteiger partial charge in [0.2, 0.25) is 10.8 Å². The van der Waals surface area contributed by atoms with Crippen LogP contribution in [0.2, 0.25) is 0 Å². The Morgan fingerprint density at radius 2 is 1.75 bits per heavy atom. The summed E-state index contributed by atoms with van der Waals surface area (Å²) >= 11 is 1.59. The maximum Gasteiger partial charge on any atom is 0.235 e. The van der Waals surface area contributed by atoms with Gasteiger partial charge in [0.15, 0.2) is 0 Å². The van der Waals surface area contributed by atoms with E-state index in [9.17, 15) is 0 Å². The molecule has 7 heteroatoms. The molecule has 28 heavy (non-hydrogen) atoms. The molecule has 3 heterocycles. The van der Waals surface area contributed by atoms with Crippen LogP contribution in [0.1, 0.15) is 29.8 Å². The van der Waals surface area contributed by atoms with Gasteiger partial charge in [0.05, 0.1) is 5.69 Å². The van der Waals surface area contributed by atoms with E-state index < -0.39 is 0 Å². The van der Waals surface area contributed by atoms with Gasteiger partial charge < -0.3 is 0 Å². The van der Waals surface area contributed by atoms with E-state index in [-0.39, 0.29) is 5.92 Å². The Morgan fingerprint density at radius 3 is 2.50 bits per heavy atom. The highest BCUT2D eigenvalue weighted by molar-refractivity contribution is 7.16. The standard InChI is InChI=1S/C21H18N6S/c1-2-16(14-9-5-3-6-10-14)20-26-27-19(24-25-21(27)28-20)18-13-17(22-23-18)15-11-7-4-8-12-15/h3-13,16H,2H2,1H3,(H,22,23). The minimum absolute atomic E-state index is 0.252. The number of H-pyrrole nitrogens is 1. The van der Waals surface area contributed by atoms with Crippen LogP contribution < -0.4 is 0 Å². The molecule has 0 bridgehead atoms. The van der Waals surface area contributed by atoms with Crippen LogP contribution in [0.3, 0.4) is 0 Å². The third-order valence-electron chi connectivity index (χ3n) is 4.80. The second-order valence-corrected chi connectivity index (χ2v) is 7.55. The monoisotopic (exact) mass is 386 g/mol. The second-order valence-electron chi connectivity index (χ2n) is 6.56. The molecule has 0 aliphatic heterocycles. The van der Waals surface area contributed by atoms with Gasteiger partial charge in [-0.1, -0.05) is 78.9 Å². The Balaban J connectivity index is 1.53. The van der Waals surface area contributed by atoms with Crippen LogP contribution >= 0.6 is 11.3 Å². The SMILES string of the molecule is CCC(c1ccccc1)c1nn2c(-c3cc(-c4ccccc4)n[nH]3)nnc2s1. The molecule has 1 unspecified atom stereocenters. The molecule has 5 aromatic rings. The molecule has 0 aliphatic rings. The number of rotatable bonds is 5. The highest BCUT2D eigenvalue weighted by atomic mass is 32.1. The third-order valence-corrected chi connectivity index (χ3v) is 5.82. The molecule has 0 amide bonds. The molecule has 0 radical (unpaired) electrons. The zero-order valence-corrected chi connectivity index (χ0v) is 16.1. The van der Waals surface area contributed by atoms with Crippen molar-refractivity contribution in [2.24, 2.45) is 0 Å². The van der Waals surface area contributed by atoms with Crippen LogP contribution in [-0.4, -0.2) is 30.0 Å². The van der Waals surface area contributed by atoms with Gasteiger partial charge in [0, 0.05) is 11.5 Å². The van der Waals surface area contributed by atoms with E-state index in [0.717, 1.165) is 33.3 Å². The summed E-state index contributed by atoms with van der Waals surface area (Å²) in [6, 6.07) is 22.5. The smallest absolute Gasteiger partial charge is 0.235 e. The van der Waals surface area contributed by atoms with Crippen molar-refractivity contribution < 1.29 is 0 Å². The van der Waals surface area contributed by atoms with Gasteiger partial charge in [-0.3, -0.25) is 5.10 Å². The van der Waals surface area contributed by atoms with Gasteiger partial charge in [0.1, 0.15) is 10.7 Å². The fourth-order valence-electron chi connectivity index (χ4n) is 3.37. The van der Waals surface area contributed by atoms with Crippen molar-refractivity contribution in [3.8, 4) is 22.8 Å². The number of nitrogens with one attached hydrogen (secondary N) is 1. The zero-order chi connectivity index (χ0) is 18.9.